The van der Waals surface area contributed by atoms with Crippen LogP contribution in [0.4, 0.5) is 5.13 Å². The second kappa shape index (κ2) is 8.56. The summed E-state index contributed by atoms with van der Waals surface area (Å²) in [5.41, 5.74) is 3.04. The van der Waals surface area contributed by atoms with E-state index in [0.29, 0.717) is 15.9 Å². The number of carbonyl (C=O) groups is 1. The normalized spacial score (nSPS) is 12.5. The molecule has 29 heavy (non-hydrogen) atoms. The number of ether oxygens (including phenoxy) is 1. The number of nitrogens with zero attached hydrogens (tertiary/aromatic N) is 1. The molecule has 1 heterocycles. The molecule has 3 rings (SSSR count). The highest BCUT2D eigenvalue weighted by Crippen LogP contribution is 2.31. The fourth-order valence-corrected chi connectivity index (χ4v) is 3.88. The maximum absolute atomic E-state index is 12.6. The highest BCUT2D eigenvalue weighted by molar-refractivity contribution is 7.16. The lowest BCUT2D eigenvalue weighted by Gasteiger charge is -2.20. The first-order valence-electron chi connectivity index (χ1n) is 9.45. The molecule has 2 aromatic carbocycles. The molecule has 0 saturated heterocycles. The van der Waals surface area contributed by atoms with Gasteiger partial charge < -0.3 is 4.74 Å². The summed E-state index contributed by atoms with van der Waals surface area (Å²) in [6.07, 6.45) is -0.644. The van der Waals surface area contributed by atoms with E-state index in [0.717, 1.165) is 16.1 Å². The van der Waals surface area contributed by atoms with Gasteiger partial charge in [0.25, 0.3) is 5.91 Å². The highest BCUT2D eigenvalue weighted by Gasteiger charge is 2.19. The van der Waals surface area contributed by atoms with Crippen molar-refractivity contribution in [3.8, 4) is 17.0 Å². The quantitative estimate of drug-likeness (QED) is 0.506. The fraction of sp³-hybridized carbons (Fsp3) is 0.304. The zero-order valence-electron chi connectivity index (χ0n) is 17.2. The van der Waals surface area contributed by atoms with Gasteiger partial charge in [-0.15, -0.1) is 11.3 Å². The topological polar surface area (TPSA) is 51.2 Å². The highest BCUT2D eigenvalue weighted by atomic mass is 35.5. The van der Waals surface area contributed by atoms with Crippen molar-refractivity contribution >= 4 is 34.0 Å². The van der Waals surface area contributed by atoms with Crippen molar-refractivity contribution in [1.82, 2.24) is 4.98 Å². The molecule has 0 spiro atoms. The number of nitrogens with one attached hydrogen (secondary N) is 1. The summed E-state index contributed by atoms with van der Waals surface area (Å²) in [7, 11) is 0. The molecule has 6 heteroatoms. The number of benzene rings is 2. The molecule has 0 aliphatic carbocycles. The Morgan fingerprint density at radius 3 is 2.48 bits per heavy atom. The first kappa shape index (κ1) is 21.3. The van der Waals surface area contributed by atoms with Gasteiger partial charge in [0.15, 0.2) is 11.2 Å². The van der Waals surface area contributed by atoms with Crippen molar-refractivity contribution in [2.24, 2.45) is 0 Å². The van der Waals surface area contributed by atoms with E-state index in [-0.39, 0.29) is 11.3 Å². The first-order valence-corrected chi connectivity index (χ1v) is 10.6. The number of aryl methyl sites for hydroxylation is 1. The summed E-state index contributed by atoms with van der Waals surface area (Å²) in [6.45, 7) is 10.2. The molecule has 1 amide bonds. The zero-order valence-corrected chi connectivity index (χ0v) is 18.8. The number of hydrogen-bond donors (Lipinski definition) is 1. The molecule has 0 radical (unpaired) electrons. The van der Waals surface area contributed by atoms with Crippen LogP contribution >= 0.6 is 22.9 Å². The third-order valence-electron chi connectivity index (χ3n) is 4.53. The van der Waals surface area contributed by atoms with E-state index < -0.39 is 6.10 Å². The van der Waals surface area contributed by atoms with Crippen LogP contribution in [0.2, 0.25) is 5.02 Å². The number of hydrogen-bond acceptors (Lipinski definition) is 4. The van der Waals surface area contributed by atoms with Crippen LogP contribution in [0.1, 0.15) is 38.1 Å². The number of halogens is 1. The van der Waals surface area contributed by atoms with Crippen molar-refractivity contribution in [3.05, 3.63) is 64.0 Å². The predicted molar refractivity (Wildman–Crippen MR) is 121 cm³/mol. The molecule has 0 fully saturated rings. The van der Waals surface area contributed by atoms with Crippen LogP contribution < -0.4 is 10.1 Å². The van der Waals surface area contributed by atoms with E-state index in [2.05, 4.69) is 31.1 Å². The van der Waals surface area contributed by atoms with Gasteiger partial charge in [-0.05, 0) is 49.1 Å². The summed E-state index contributed by atoms with van der Waals surface area (Å²) in [5, 5.41) is 4.05. The van der Waals surface area contributed by atoms with E-state index in [1.54, 1.807) is 6.92 Å². The van der Waals surface area contributed by atoms with Crippen LogP contribution in [0.5, 0.6) is 5.75 Å². The number of thiazole rings is 1. The van der Waals surface area contributed by atoms with Crippen LogP contribution in [-0.2, 0) is 10.2 Å². The molecule has 4 nitrogen and oxygen atoms in total. The van der Waals surface area contributed by atoms with Crippen molar-refractivity contribution in [2.45, 2.75) is 46.1 Å². The smallest absolute Gasteiger partial charge is 0.266 e. The van der Waals surface area contributed by atoms with Crippen molar-refractivity contribution in [1.29, 1.82) is 0 Å². The van der Waals surface area contributed by atoms with Crippen LogP contribution in [-0.4, -0.2) is 17.0 Å². The first-order chi connectivity index (χ1) is 13.6. The van der Waals surface area contributed by atoms with Crippen LogP contribution in [0, 0.1) is 6.92 Å². The minimum Gasteiger partial charge on any atom is -0.481 e. The second-order valence-corrected chi connectivity index (χ2v) is 9.60. The van der Waals surface area contributed by atoms with Gasteiger partial charge in [-0.3, -0.25) is 10.1 Å². The van der Waals surface area contributed by atoms with Gasteiger partial charge in [0, 0.05) is 15.5 Å². The average Bonchev–Trinajstić information content (AvgIpc) is 3.01. The minimum atomic E-state index is -0.644. The number of aromatic nitrogens is 1. The Hall–Kier alpha value is -2.37. The molecular formula is C23H25ClN2O2S. The maximum atomic E-state index is 12.6. The SMILES string of the molecule is Cc1sc(NC(=O)C(C)Oc2ccc(C(C)(C)C)cc2)nc1-c1cccc(Cl)c1. The molecule has 1 aromatic heterocycles. The number of amides is 1. The standard InChI is InChI=1S/C23H25ClN2O2S/c1-14(28-19-11-9-17(10-12-19)23(3,4)5)21(27)26-22-25-20(15(2)29-22)16-7-6-8-18(24)13-16/h6-14H,1-5H3,(H,25,26,27). The maximum Gasteiger partial charge on any atom is 0.266 e. The lowest BCUT2D eigenvalue weighted by Crippen LogP contribution is -2.30. The van der Waals surface area contributed by atoms with E-state index in [1.165, 1.54) is 16.9 Å². The Labute approximate surface area is 180 Å². The number of carbonyl (C=O) groups excluding carboxylic acids is 1. The Bertz CT molecular complexity index is 1010. The summed E-state index contributed by atoms with van der Waals surface area (Å²) in [4.78, 5) is 18.1. The summed E-state index contributed by atoms with van der Waals surface area (Å²) >= 11 is 7.51. The lowest BCUT2D eigenvalue weighted by molar-refractivity contribution is -0.122. The van der Waals surface area contributed by atoms with E-state index in [4.69, 9.17) is 16.3 Å². The molecule has 1 atom stereocenters. The fourth-order valence-electron chi connectivity index (χ4n) is 2.85. The molecular weight excluding hydrogens is 404 g/mol. The van der Waals surface area contributed by atoms with Crippen molar-refractivity contribution in [3.63, 3.8) is 0 Å². The minimum absolute atomic E-state index is 0.0743. The van der Waals surface area contributed by atoms with Gasteiger partial charge in [0.2, 0.25) is 0 Å². The van der Waals surface area contributed by atoms with Gasteiger partial charge in [0.05, 0.1) is 5.69 Å². The van der Waals surface area contributed by atoms with Gasteiger partial charge in [-0.2, -0.15) is 0 Å². The number of anilines is 1. The van der Waals surface area contributed by atoms with E-state index >= 15 is 0 Å². The predicted octanol–water partition coefficient (Wildman–Crippen LogP) is 6.48. The molecule has 0 aliphatic rings. The summed E-state index contributed by atoms with van der Waals surface area (Å²) < 4.78 is 5.80. The van der Waals surface area contributed by atoms with Crippen molar-refractivity contribution in [2.75, 3.05) is 5.32 Å². The molecule has 1 unspecified atom stereocenters. The van der Waals surface area contributed by atoms with E-state index in [1.807, 2.05) is 55.5 Å². The average molecular weight is 429 g/mol. The third kappa shape index (κ3) is 5.37. The molecule has 1 N–H and O–H groups in total. The van der Waals surface area contributed by atoms with Gasteiger partial charge in [-0.25, -0.2) is 4.98 Å². The van der Waals surface area contributed by atoms with Gasteiger partial charge >= 0.3 is 0 Å². The molecule has 152 valence electrons. The molecule has 0 bridgehead atoms. The lowest BCUT2D eigenvalue weighted by atomic mass is 9.87. The third-order valence-corrected chi connectivity index (χ3v) is 5.65. The summed E-state index contributed by atoms with van der Waals surface area (Å²) in [5.74, 6) is 0.423. The second-order valence-electron chi connectivity index (χ2n) is 7.96. The Morgan fingerprint density at radius 2 is 1.86 bits per heavy atom. The molecule has 3 aromatic rings. The van der Waals surface area contributed by atoms with Crippen LogP contribution in [0.3, 0.4) is 0 Å². The number of rotatable bonds is 5. The Balaban J connectivity index is 1.66. The Kier molecular flexibility index (Phi) is 6.30. The van der Waals surface area contributed by atoms with Gasteiger partial charge in [0.1, 0.15) is 5.75 Å². The van der Waals surface area contributed by atoms with E-state index in [9.17, 15) is 4.79 Å². The molecule has 0 aliphatic heterocycles. The van der Waals surface area contributed by atoms with Crippen LogP contribution in [0.15, 0.2) is 48.5 Å². The van der Waals surface area contributed by atoms with Gasteiger partial charge in [-0.1, -0.05) is 56.6 Å². The monoisotopic (exact) mass is 428 g/mol. The molecule has 0 saturated carbocycles. The Morgan fingerprint density at radius 1 is 1.17 bits per heavy atom. The van der Waals surface area contributed by atoms with Crippen LogP contribution in [0.25, 0.3) is 11.3 Å². The van der Waals surface area contributed by atoms with Crippen molar-refractivity contribution < 1.29 is 9.53 Å². The zero-order chi connectivity index (χ0) is 21.2. The summed E-state index contributed by atoms with van der Waals surface area (Å²) in [6, 6.07) is 15.4. The largest absolute Gasteiger partial charge is 0.481 e.